The van der Waals surface area contributed by atoms with Crippen LogP contribution in [0, 0.1) is 11.8 Å². The van der Waals surface area contributed by atoms with Gasteiger partial charge in [-0.15, -0.1) is 0 Å². The number of halogens is 3. The number of nitrogens with zero attached hydrogens (tertiary/aromatic N) is 1. The molecule has 0 aromatic heterocycles. The summed E-state index contributed by atoms with van der Waals surface area (Å²) in [6.45, 7) is 4.90. The minimum Gasteiger partial charge on any atom is -0.542 e. The number of quaternary nitrogens is 1. The first kappa shape index (κ1) is 30.8. The van der Waals surface area contributed by atoms with E-state index >= 15 is 0 Å². The van der Waals surface area contributed by atoms with Gasteiger partial charge in [-0.25, -0.2) is 4.79 Å². The number of fused-ring (bicyclic) bond motifs is 3. The number of aliphatic carboxylic acids is 1. The van der Waals surface area contributed by atoms with Gasteiger partial charge in [0.25, 0.3) is 0 Å². The van der Waals surface area contributed by atoms with Crippen molar-refractivity contribution in [1.82, 2.24) is 0 Å². The fourth-order valence-electron chi connectivity index (χ4n) is 6.56. The number of rotatable bonds is 9. The van der Waals surface area contributed by atoms with Gasteiger partial charge in [0.05, 0.1) is 26.2 Å². The van der Waals surface area contributed by atoms with E-state index in [0.29, 0.717) is 18.1 Å². The Hall–Kier alpha value is -3.11. The number of alkyl halides is 3. The zero-order valence-electron chi connectivity index (χ0n) is 23.1. The number of carbonyl (C=O) groups is 2. The maximum atomic E-state index is 13.6. The number of carboxylic acids is 1. The molecular formula is C31H38F3NO6. The molecule has 0 spiro atoms. The SMILES string of the molecule is O=C(O[C@H]1C[N+]2(CCCOc3ccccc3)CCC1CC2)[C@@](O)(c1ccccc1)C1CCCC1.O=C([O-])C(F)(F)F. The molecule has 1 aliphatic carbocycles. The van der Waals surface area contributed by atoms with E-state index in [1.165, 1.54) is 0 Å². The van der Waals surface area contributed by atoms with Gasteiger partial charge in [0.15, 0.2) is 11.7 Å². The molecule has 2 atom stereocenters. The summed E-state index contributed by atoms with van der Waals surface area (Å²) in [5.74, 6) is -2.18. The Labute approximate surface area is 238 Å². The largest absolute Gasteiger partial charge is 0.542 e. The average Bonchev–Trinajstić information content (AvgIpc) is 3.52. The maximum Gasteiger partial charge on any atom is 0.430 e. The summed E-state index contributed by atoms with van der Waals surface area (Å²) in [4.78, 5) is 22.4. The van der Waals surface area contributed by atoms with Crippen molar-refractivity contribution in [2.24, 2.45) is 11.8 Å². The van der Waals surface area contributed by atoms with Crippen LogP contribution in [0.3, 0.4) is 0 Å². The Bertz CT molecular complexity index is 1130. The fourth-order valence-corrected chi connectivity index (χ4v) is 6.56. The molecule has 0 radical (unpaired) electrons. The van der Waals surface area contributed by atoms with Gasteiger partial charge in [-0.2, -0.15) is 13.2 Å². The molecule has 1 saturated carbocycles. The molecule has 2 aromatic rings. The molecule has 6 rings (SSSR count). The summed E-state index contributed by atoms with van der Waals surface area (Å²) < 4.78 is 44.7. The standard InChI is InChI=1S/C29H38NO4.C2HF3O2/c31-28(29(32,25-12-7-8-13-25)24-10-3-1-4-11-24)34-27-22-30(19-16-23(27)17-20-30)18-9-21-33-26-14-5-2-6-15-26;3-2(4,5)1(6)7/h1-6,10-11,14-15,23,25,27,32H,7-9,12-13,16-22H2;(H,6,7)/q+1;/p-1/t23?,27-,29+,30?;/m0./s1. The van der Waals surface area contributed by atoms with Crippen molar-refractivity contribution in [1.29, 1.82) is 0 Å². The van der Waals surface area contributed by atoms with Gasteiger partial charge in [-0.3, -0.25) is 0 Å². The summed E-state index contributed by atoms with van der Waals surface area (Å²) in [7, 11) is 0. The fraction of sp³-hybridized carbons (Fsp3) is 0.548. The summed E-state index contributed by atoms with van der Waals surface area (Å²) in [5, 5.41) is 20.6. The van der Waals surface area contributed by atoms with Crippen molar-refractivity contribution >= 4 is 11.9 Å². The predicted molar refractivity (Wildman–Crippen MR) is 142 cm³/mol. The number of hydrogen-bond acceptors (Lipinski definition) is 6. The van der Waals surface area contributed by atoms with E-state index in [1.807, 2.05) is 60.7 Å². The zero-order chi connectivity index (χ0) is 29.5. The number of benzene rings is 2. The first-order valence-electron chi connectivity index (χ1n) is 14.3. The second-order valence-corrected chi connectivity index (χ2v) is 11.4. The highest BCUT2D eigenvalue weighted by molar-refractivity contribution is 5.82. The number of hydrogen-bond donors (Lipinski definition) is 1. The molecule has 41 heavy (non-hydrogen) atoms. The molecule has 0 amide bonds. The second-order valence-electron chi connectivity index (χ2n) is 11.4. The van der Waals surface area contributed by atoms with Gasteiger partial charge in [0.2, 0.25) is 0 Å². The number of piperidine rings is 3. The molecule has 4 fully saturated rings. The third kappa shape index (κ3) is 7.60. The Morgan fingerprint density at radius 3 is 2.05 bits per heavy atom. The molecule has 4 aliphatic rings. The molecular weight excluding hydrogens is 539 g/mol. The van der Waals surface area contributed by atoms with E-state index in [-0.39, 0.29) is 12.0 Å². The van der Waals surface area contributed by atoms with Gasteiger partial charge in [-0.1, -0.05) is 61.4 Å². The third-order valence-electron chi connectivity index (χ3n) is 8.79. The predicted octanol–water partition coefficient (Wildman–Crippen LogP) is 3.98. The van der Waals surface area contributed by atoms with Crippen LogP contribution in [-0.2, 0) is 19.9 Å². The van der Waals surface area contributed by atoms with E-state index in [9.17, 15) is 23.1 Å². The van der Waals surface area contributed by atoms with Gasteiger partial charge in [-0.05, 0) is 30.5 Å². The topological polar surface area (TPSA) is 95.9 Å². The van der Waals surface area contributed by atoms with E-state index < -0.39 is 23.7 Å². The van der Waals surface area contributed by atoms with Crippen LogP contribution < -0.4 is 9.84 Å². The molecule has 3 aliphatic heterocycles. The smallest absolute Gasteiger partial charge is 0.430 e. The van der Waals surface area contributed by atoms with Crippen molar-refractivity contribution in [2.75, 3.05) is 32.8 Å². The minimum absolute atomic E-state index is 0.0678. The first-order valence-corrected chi connectivity index (χ1v) is 14.3. The van der Waals surface area contributed by atoms with Crippen molar-refractivity contribution < 1.29 is 46.9 Å². The number of carboxylic acid groups (broad SMARTS) is 1. The molecule has 0 unspecified atom stereocenters. The van der Waals surface area contributed by atoms with Gasteiger partial charge in [0, 0.05) is 31.1 Å². The van der Waals surface area contributed by atoms with Crippen LogP contribution in [0.4, 0.5) is 13.2 Å². The number of para-hydroxylation sites is 1. The van der Waals surface area contributed by atoms with Crippen LogP contribution in [0.25, 0.3) is 0 Å². The number of aliphatic hydroxyl groups is 1. The van der Waals surface area contributed by atoms with Crippen LogP contribution in [-0.4, -0.2) is 66.6 Å². The van der Waals surface area contributed by atoms with Gasteiger partial charge < -0.3 is 29.0 Å². The lowest BCUT2D eigenvalue weighted by Gasteiger charge is -2.52. The lowest BCUT2D eigenvalue weighted by atomic mass is 9.79. The Kier molecular flexibility index (Phi) is 9.96. The van der Waals surface area contributed by atoms with E-state index in [0.717, 1.165) is 81.4 Å². The molecule has 224 valence electrons. The molecule has 1 N–H and O–H groups in total. The van der Waals surface area contributed by atoms with Gasteiger partial charge >= 0.3 is 12.1 Å². The molecule has 10 heteroatoms. The summed E-state index contributed by atoms with van der Waals surface area (Å²) >= 11 is 0. The van der Waals surface area contributed by atoms with Gasteiger partial charge in [0.1, 0.15) is 18.3 Å². The average molecular weight is 578 g/mol. The lowest BCUT2D eigenvalue weighted by molar-refractivity contribution is -0.946. The summed E-state index contributed by atoms with van der Waals surface area (Å²) in [6.07, 6.45) is 1.72. The first-order chi connectivity index (χ1) is 19.5. The minimum atomic E-state index is -5.19. The summed E-state index contributed by atoms with van der Waals surface area (Å²) in [6, 6.07) is 19.4. The Morgan fingerprint density at radius 2 is 1.49 bits per heavy atom. The van der Waals surface area contributed by atoms with Crippen molar-refractivity contribution in [3.05, 3.63) is 66.2 Å². The quantitative estimate of drug-likeness (QED) is 0.275. The van der Waals surface area contributed by atoms with Crippen LogP contribution in [0.5, 0.6) is 5.75 Å². The van der Waals surface area contributed by atoms with Crippen molar-refractivity contribution in [3.63, 3.8) is 0 Å². The Balaban J connectivity index is 0.000000493. The molecule has 2 aromatic carbocycles. The van der Waals surface area contributed by atoms with E-state index in [4.69, 9.17) is 19.4 Å². The lowest BCUT2D eigenvalue weighted by Crippen LogP contribution is -2.65. The number of esters is 1. The molecule has 2 bridgehead atoms. The Morgan fingerprint density at radius 1 is 0.927 bits per heavy atom. The molecule has 3 saturated heterocycles. The molecule has 3 heterocycles. The highest BCUT2D eigenvalue weighted by atomic mass is 19.4. The zero-order valence-corrected chi connectivity index (χ0v) is 23.1. The highest BCUT2D eigenvalue weighted by Gasteiger charge is 2.52. The molecule has 7 nitrogen and oxygen atoms in total. The third-order valence-corrected chi connectivity index (χ3v) is 8.79. The van der Waals surface area contributed by atoms with Crippen LogP contribution >= 0.6 is 0 Å². The van der Waals surface area contributed by atoms with Crippen LogP contribution in [0.2, 0.25) is 0 Å². The van der Waals surface area contributed by atoms with Crippen LogP contribution in [0.1, 0.15) is 50.5 Å². The van der Waals surface area contributed by atoms with E-state index in [2.05, 4.69) is 0 Å². The van der Waals surface area contributed by atoms with E-state index in [1.54, 1.807) is 0 Å². The normalized spacial score (nSPS) is 25.5. The maximum absolute atomic E-state index is 13.6. The number of carbonyl (C=O) groups excluding carboxylic acids is 2. The van der Waals surface area contributed by atoms with Crippen molar-refractivity contribution in [3.8, 4) is 5.75 Å². The number of ether oxygens (including phenoxy) is 2. The summed E-state index contributed by atoms with van der Waals surface area (Å²) in [5.41, 5.74) is -0.867. The second kappa shape index (κ2) is 13.2. The monoisotopic (exact) mass is 577 g/mol. The van der Waals surface area contributed by atoms with Crippen LogP contribution in [0.15, 0.2) is 60.7 Å². The highest BCUT2D eigenvalue weighted by Crippen LogP contribution is 2.43. The van der Waals surface area contributed by atoms with Crippen molar-refractivity contribution in [2.45, 2.75) is 62.8 Å².